The molecule has 0 bridgehead atoms. The lowest BCUT2D eigenvalue weighted by atomic mass is 10.1. The number of amides is 1. The zero-order valence-electron chi connectivity index (χ0n) is 12.9. The van der Waals surface area contributed by atoms with Crippen LogP contribution in [0.25, 0.3) is 0 Å². The molecule has 0 spiro atoms. The highest BCUT2D eigenvalue weighted by Crippen LogP contribution is 2.21. The Morgan fingerprint density at radius 1 is 0.750 bits per heavy atom. The van der Waals surface area contributed by atoms with E-state index in [2.05, 4.69) is 10.6 Å². The molecule has 3 rings (SSSR count). The monoisotopic (exact) mass is 320 g/mol. The lowest BCUT2D eigenvalue weighted by Gasteiger charge is -2.20. The summed E-state index contributed by atoms with van der Waals surface area (Å²) in [6.07, 6.45) is 0. The Kier molecular flexibility index (Phi) is 4.87. The van der Waals surface area contributed by atoms with Crippen LogP contribution in [0.2, 0.25) is 0 Å². The Morgan fingerprint density at radius 2 is 1.33 bits per heavy atom. The maximum atomic E-state index is 13.0. The molecule has 0 aliphatic heterocycles. The summed E-state index contributed by atoms with van der Waals surface area (Å²) in [5.41, 5.74) is 2.25. The second kappa shape index (κ2) is 7.42. The molecule has 0 radical (unpaired) electrons. The summed E-state index contributed by atoms with van der Waals surface area (Å²) in [6.45, 7) is 0. The van der Waals surface area contributed by atoms with Gasteiger partial charge < -0.3 is 10.6 Å². The van der Waals surface area contributed by atoms with Gasteiger partial charge in [0.15, 0.2) is 0 Å². The van der Waals surface area contributed by atoms with Gasteiger partial charge in [-0.15, -0.1) is 0 Å². The van der Waals surface area contributed by atoms with E-state index in [1.807, 2.05) is 60.7 Å². The summed E-state index contributed by atoms with van der Waals surface area (Å²) in [6, 6.07) is 24.2. The molecule has 1 atom stereocenters. The SMILES string of the molecule is O=C(Nc1ccc(F)cc1)C(Nc1ccccc1)c1ccccc1. The number of halogens is 1. The summed E-state index contributed by atoms with van der Waals surface area (Å²) in [5.74, 6) is -0.549. The van der Waals surface area contributed by atoms with Gasteiger partial charge >= 0.3 is 0 Å². The largest absolute Gasteiger partial charge is 0.370 e. The maximum Gasteiger partial charge on any atom is 0.251 e. The highest BCUT2D eigenvalue weighted by molar-refractivity contribution is 5.97. The highest BCUT2D eigenvalue weighted by atomic mass is 19.1. The third kappa shape index (κ3) is 3.98. The predicted molar refractivity (Wildman–Crippen MR) is 94.3 cm³/mol. The summed E-state index contributed by atoms with van der Waals surface area (Å²) in [7, 11) is 0. The first-order valence-electron chi connectivity index (χ1n) is 7.65. The topological polar surface area (TPSA) is 41.1 Å². The van der Waals surface area contributed by atoms with E-state index < -0.39 is 6.04 Å². The van der Waals surface area contributed by atoms with Crippen molar-refractivity contribution in [3.05, 3.63) is 96.3 Å². The van der Waals surface area contributed by atoms with Gasteiger partial charge in [-0.3, -0.25) is 4.79 Å². The summed E-state index contributed by atoms with van der Waals surface area (Å²) < 4.78 is 13.0. The Hall–Kier alpha value is -3.14. The third-order valence-corrected chi connectivity index (χ3v) is 3.59. The second-order valence-electron chi connectivity index (χ2n) is 5.35. The third-order valence-electron chi connectivity index (χ3n) is 3.59. The van der Waals surface area contributed by atoms with E-state index in [1.54, 1.807) is 0 Å². The van der Waals surface area contributed by atoms with Crippen molar-refractivity contribution >= 4 is 17.3 Å². The van der Waals surface area contributed by atoms with E-state index in [0.717, 1.165) is 11.3 Å². The fourth-order valence-corrected chi connectivity index (χ4v) is 2.39. The minimum Gasteiger partial charge on any atom is -0.370 e. The predicted octanol–water partition coefficient (Wildman–Crippen LogP) is 4.62. The van der Waals surface area contributed by atoms with Crippen molar-refractivity contribution in [1.82, 2.24) is 0 Å². The van der Waals surface area contributed by atoms with E-state index in [9.17, 15) is 9.18 Å². The number of carbonyl (C=O) groups is 1. The van der Waals surface area contributed by atoms with E-state index in [0.29, 0.717) is 5.69 Å². The van der Waals surface area contributed by atoms with Gasteiger partial charge in [0, 0.05) is 11.4 Å². The molecule has 3 aromatic rings. The maximum absolute atomic E-state index is 13.0. The first-order chi connectivity index (χ1) is 11.7. The summed E-state index contributed by atoms with van der Waals surface area (Å²) >= 11 is 0. The first-order valence-corrected chi connectivity index (χ1v) is 7.65. The van der Waals surface area contributed by atoms with Gasteiger partial charge in [-0.1, -0.05) is 48.5 Å². The lowest BCUT2D eigenvalue weighted by molar-refractivity contribution is -0.117. The quantitative estimate of drug-likeness (QED) is 0.720. The van der Waals surface area contributed by atoms with Crippen molar-refractivity contribution in [2.24, 2.45) is 0 Å². The van der Waals surface area contributed by atoms with Gasteiger partial charge in [-0.05, 0) is 42.0 Å². The van der Waals surface area contributed by atoms with Gasteiger partial charge in [0.25, 0.3) is 5.91 Å². The summed E-state index contributed by atoms with van der Waals surface area (Å²) in [5, 5.41) is 6.06. The van der Waals surface area contributed by atoms with E-state index in [-0.39, 0.29) is 11.7 Å². The van der Waals surface area contributed by atoms with Crippen molar-refractivity contribution < 1.29 is 9.18 Å². The van der Waals surface area contributed by atoms with E-state index >= 15 is 0 Å². The lowest BCUT2D eigenvalue weighted by Crippen LogP contribution is -2.27. The van der Waals surface area contributed by atoms with Crippen LogP contribution < -0.4 is 10.6 Å². The molecule has 1 unspecified atom stereocenters. The van der Waals surface area contributed by atoms with Crippen LogP contribution in [0.15, 0.2) is 84.9 Å². The molecule has 2 N–H and O–H groups in total. The number of benzene rings is 3. The number of hydrogen-bond donors (Lipinski definition) is 2. The van der Waals surface area contributed by atoms with Crippen molar-refractivity contribution in [3.63, 3.8) is 0 Å². The van der Waals surface area contributed by atoms with Gasteiger partial charge in [0.1, 0.15) is 11.9 Å². The van der Waals surface area contributed by atoms with Crippen LogP contribution in [-0.2, 0) is 4.79 Å². The number of anilines is 2. The molecule has 0 aliphatic carbocycles. The molecular formula is C20H17FN2O. The molecule has 3 nitrogen and oxygen atoms in total. The summed E-state index contributed by atoms with van der Waals surface area (Å²) in [4.78, 5) is 12.7. The van der Waals surface area contributed by atoms with Crippen LogP contribution in [0.3, 0.4) is 0 Å². The average molecular weight is 320 g/mol. The molecule has 3 aromatic carbocycles. The average Bonchev–Trinajstić information content (AvgIpc) is 2.63. The van der Waals surface area contributed by atoms with Gasteiger partial charge in [0.05, 0.1) is 0 Å². The normalized spacial score (nSPS) is 11.5. The number of rotatable bonds is 5. The molecule has 120 valence electrons. The minimum atomic E-state index is -0.557. The minimum absolute atomic E-state index is 0.211. The Balaban J connectivity index is 1.83. The van der Waals surface area contributed by atoms with Crippen molar-refractivity contribution in [1.29, 1.82) is 0 Å². The number of para-hydroxylation sites is 1. The molecule has 0 saturated heterocycles. The zero-order valence-corrected chi connectivity index (χ0v) is 12.9. The number of hydrogen-bond acceptors (Lipinski definition) is 2. The highest BCUT2D eigenvalue weighted by Gasteiger charge is 2.20. The second-order valence-corrected chi connectivity index (χ2v) is 5.35. The molecule has 0 aliphatic rings. The standard InChI is InChI=1S/C20H17FN2O/c21-16-11-13-18(14-12-16)23-20(24)19(15-7-3-1-4-8-15)22-17-9-5-2-6-10-17/h1-14,19,22H,(H,23,24). The van der Waals surface area contributed by atoms with Crippen LogP contribution in [0.1, 0.15) is 11.6 Å². The van der Waals surface area contributed by atoms with Crippen molar-refractivity contribution in [2.45, 2.75) is 6.04 Å². The molecule has 0 aromatic heterocycles. The van der Waals surface area contributed by atoms with Crippen molar-refractivity contribution in [2.75, 3.05) is 10.6 Å². The molecule has 0 saturated carbocycles. The fraction of sp³-hybridized carbons (Fsp3) is 0.0500. The van der Waals surface area contributed by atoms with Crippen LogP contribution >= 0.6 is 0 Å². The van der Waals surface area contributed by atoms with E-state index in [1.165, 1.54) is 24.3 Å². The zero-order chi connectivity index (χ0) is 16.8. The molecule has 0 fully saturated rings. The molecule has 4 heteroatoms. The molecule has 1 amide bonds. The Morgan fingerprint density at radius 3 is 1.96 bits per heavy atom. The number of carbonyl (C=O) groups excluding carboxylic acids is 1. The van der Waals surface area contributed by atoms with Gasteiger partial charge in [0.2, 0.25) is 0 Å². The van der Waals surface area contributed by atoms with Crippen LogP contribution in [0.5, 0.6) is 0 Å². The van der Waals surface area contributed by atoms with Crippen LogP contribution in [-0.4, -0.2) is 5.91 Å². The van der Waals surface area contributed by atoms with Crippen LogP contribution in [0.4, 0.5) is 15.8 Å². The Labute approximate surface area is 140 Å². The Bertz CT molecular complexity index is 789. The molecule has 24 heavy (non-hydrogen) atoms. The first kappa shape index (κ1) is 15.7. The van der Waals surface area contributed by atoms with Crippen LogP contribution in [0, 0.1) is 5.82 Å². The van der Waals surface area contributed by atoms with Crippen molar-refractivity contribution in [3.8, 4) is 0 Å². The smallest absolute Gasteiger partial charge is 0.251 e. The molecule has 0 heterocycles. The number of nitrogens with one attached hydrogen (secondary N) is 2. The fourth-order valence-electron chi connectivity index (χ4n) is 2.39. The molecular weight excluding hydrogens is 303 g/mol. The van der Waals surface area contributed by atoms with E-state index in [4.69, 9.17) is 0 Å². The van der Waals surface area contributed by atoms with Gasteiger partial charge in [-0.25, -0.2) is 4.39 Å². The van der Waals surface area contributed by atoms with Gasteiger partial charge in [-0.2, -0.15) is 0 Å².